The summed E-state index contributed by atoms with van der Waals surface area (Å²) in [6.45, 7) is 2.62. The minimum absolute atomic E-state index is 0.261. The van der Waals surface area contributed by atoms with Gasteiger partial charge in [0, 0.05) is 17.9 Å². The fourth-order valence-corrected chi connectivity index (χ4v) is 1.66. The van der Waals surface area contributed by atoms with E-state index in [-0.39, 0.29) is 5.91 Å². The highest BCUT2D eigenvalue weighted by molar-refractivity contribution is 6.04. The number of anilines is 2. The summed E-state index contributed by atoms with van der Waals surface area (Å²) in [5.41, 5.74) is 3.22. The van der Waals surface area contributed by atoms with Gasteiger partial charge in [-0.1, -0.05) is 5.92 Å². The lowest BCUT2D eigenvalue weighted by atomic mass is 10.1. The van der Waals surface area contributed by atoms with Crippen molar-refractivity contribution in [2.45, 2.75) is 13.3 Å². The summed E-state index contributed by atoms with van der Waals surface area (Å²) in [6.07, 6.45) is 1.01. The highest BCUT2D eigenvalue weighted by Gasteiger charge is 2.10. The predicted octanol–water partition coefficient (Wildman–Crippen LogP) is 1.62. The fraction of sp³-hybridized carbons (Fsp3) is 0.250. The first-order valence-electron chi connectivity index (χ1n) is 4.90. The van der Waals surface area contributed by atoms with Gasteiger partial charge in [0.05, 0.1) is 0 Å². The Bertz CT molecular complexity index is 454. The molecule has 0 bridgehead atoms. The first-order valence-corrected chi connectivity index (χ1v) is 4.90. The normalized spacial score (nSPS) is 12.1. The summed E-state index contributed by atoms with van der Waals surface area (Å²) in [4.78, 5) is 11.2. The van der Waals surface area contributed by atoms with Crippen LogP contribution in [0.2, 0.25) is 0 Å². The van der Waals surface area contributed by atoms with Crippen molar-refractivity contribution in [2.75, 3.05) is 17.2 Å². The van der Waals surface area contributed by atoms with Crippen molar-refractivity contribution < 1.29 is 4.79 Å². The summed E-state index contributed by atoms with van der Waals surface area (Å²) in [5.74, 6) is 4.75. The van der Waals surface area contributed by atoms with Gasteiger partial charge in [-0.25, -0.2) is 0 Å². The zero-order valence-corrected chi connectivity index (χ0v) is 8.55. The van der Waals surface area contributed by atoms with Crippen LogP contribution in [0.15, 0.2) is 18.2 Å². The molecule has 1 aliphatic rings. The number of hydrogen-bond donors (Lipinski definition) is 2. The van der Waals surface area contributed by atoms with E-state index in [0.29, 0.717) is 0 Å². The minimum Gasteiger partial charge on any atom is -0.384 e. The maximum absolute atomic E-state index is 11.2. The van der Waals surface area contributed by atoms with E-state index in [2.05, 4.69) is 22.5 Å². The number of hydrogen-bond acceptors (Lipinski definition) is 2. The summed E-state index contributed by atoms with van der Waals surface area (Å²) >= 11 is 0. The SMILES string of the molecule is CC#CC(=O)Nc1ccc2c(c1)CCN2. The van der Waals surface area contributed by atoms with Crippen LogP contribution in [0.4, 0.5) is 11.4 Å². The first kappa shape index (κ1) is 9.60. The van der Waals surface area contributed by atoms with Crippen molar-refractivity contribution in [3.63, 3.8) is 0 Å². The summed E-state index contributed by atoms with van der Waals surface area (Å²) < 4.78 is 0. The Balaban J connectivity index is 2.15. The van der Waals surface area contributed by atoms with Gasteiger partial charge in [-0.15, -0.1) is 0 Å². The Morgan fingerprint density at radius 1 is 1.53 bits per heavy atom. The maximum atomic E-state index is 11.2. The third-order valence-corrected chi connectivity index (χ3v) is 2.31. The minimum atomic E-state index is -0.261. The van der Waals surface area contributed by atoms with Crippen molar-refractivity contribution in [1.29, 1.82) is 0 Å². The van der Waals surface area contributed by atoms with Gasteiger partial charge >= 0.3 is 0 Å². The molecule has 3 heteroatoms. The molecule has 0 fully saturated rings. The van der Waals surface area contributed by atoms with Crippen LogP contribution in [-0.2, 0) is 11.2 Å². The molecule has 0 aromatic heterocycles. The molecule has 1 aromatic carbocycles. The van der Waals surface area contributed by atoms with E-state index in [0.717, 1.165) is 24.3 Å². The Labute approximate surface area is 88.9 Å². The Kier molecular flexibility index (Phi) is 2.59. The highest BCUT2D eigenvalue weighted by atomic mass is 16.1. The zero-order chi connectivity index (χ0) is 10.7. The van der Waals surface area contributed by atoms with Crippen LogP contribution in [0, 0.1) is 11.8 Å². The first-order chi connectivity index (χ1) is 7.29. The van der Waals surface area contributed by atoms with E-state index in [4.69, 9.17) is 0 Å². The van der Waals surface area contributed by atoms with E-state index in [9.17, 15) is 4.79 Å². The van der Waals surface area contributed by atoms with Crippen LogP contribution in [0.5, 0.6) is 0 Å². The number of benzene rings is 1. The molecule has 0 atom stereocenters. The number of carbonyl (C=O) groups excluding carboxylic acids is 1. The Morgan fingerprint density at radius 3 is 3.20 bits per heavy atom. The van der Waals surface area contributed by atoms with E-state index >= 15 is 0 Å². The van der Waals surface area contributed by atoms with Gasteiger partial charge in [-0.3, -0.25) is 4.79 Å². The van der Waals surface area contributed by atoms with Crippen molar-refractivity contribution in [3.8, 4) is 11.8 Å². The molecule has 0 saturated carbocycles. The van der Waals surface area contributed by atoms with E-state index < -0.39 is 0 Å². The molecule has 0 radical (unpaired) electrons. The second kappa shape index (κ2) is 4.05. The van der Waals surface area contributed by atoms with Crippen molar-refractivity contribution in [1.82, 2.24) is 0 Å². The van der Waals surface area contributed by atoms with Gasteiger partial charge in [0.1, 0.15) is 0 Å². The van der Waals surface area contributed by atoms with Crippen LogP contribution >= 0.6 is 0 Å². The molecule has 3 nitrogen and oxygen atoms in total. The molecule has 2 rings (SSSR count). The second-order valence-electron chi connectivity index (χ2n) is 3.38. The standard InChI is InChI=1S/C12H12N2O/c1-2-3-12(15)14-10-4-5-11-9(8-10)6-7-13-11/h4-5,8,13H,6-7H2,1H3,(H,14,15). The van der Waals surface area contributed by atoms with Gasteiger partial charge in [-0.05, 0) is 43.0 Å². The highest BCUT2D eigenvalue weighted by Crippen LogP contribution is 2.25. The number of nitrogens with one attached hydrogen (secondary N) is 2. The molecule has 15 heavy (non-hydrogen) atoms. The molecule has 1 aromatic rings. The van der Waals surface area contributed by atoms with Crippen LogP contribution in [0.25, 0.3) is 0 Å². The molecular formula is C12H12N2O. The molecule has 76 valence electrons. The largest absolute Gasteiger partial charge is 0.384 e. The number of fused-ring (bicyclic) bond motifs is 1. The Hall–Kier alpha value is -1.95. The number of carbonyl (C=O) groups is 1. The van der Waals surface area contributed by atoms with Crippen molar-refractivity contribution in [2.24, 2.45) is 0 Å². The average Bonchev–Trinajstić information content (AvgIpc) is 2.65. The molecule has 1 aliphatic heterocycles. The molecule has 0 aliphatic carbocycles. The summed E-state index contributed by atoms with van der Waals surface area (Å²) in [7, 11) is 0. The zero-order valence-electron chi connectivity index (χ0n) is 8.55. The van der Waals surface area contributed by atoms with Crippen LogP contribution in [0.3, 0.4) is 0 Å². The molecule has 0 unspecified atom stereocenters. The quantitative estimate of drug-likeness (QED) is 0.676. The number of rotatable bonds is 1. The number of amides is 1. The Morgan fingerprint density at radius 2 is 2.40 bits per heavy atom. The lowest BCUT2D eigenvalue weighted by molar-refractivity contribution is -0.111. The average molecular weight is 200 g/mol. The molecule has 1 heterocycles. The van der Waals surface area contributed by atoms with E-state index in [1.54, 1.807) is 6.92 Å². The molecule has 2 N–H and O–H groups in total. The topological polar surface area (TPSA) is 41.1 Å². The lowest BCUT2D eigenvalue weighted by Gasteiger charge is -2.04. The van der Waals surface area contributed by atoms with Crippen molar-refractivity contribution >= 4 is 17.3 Å². The van der Waals surface area contributed by atoms with Crippen LogP contribution < -0.4 is 10.6 Å². The van der Waals surface area contributed by atoms with Gasteiger partial charge in [0.15, 0.2) is 0 Å². The third-order valence-electron chi connectivity index (χ3n) is 2.31. The van der Waals surface area contributed by atoms with Crippen LogP contribution in [-0.4, -0.2) is 12.5 Å². The second-order valence-corrected chi connectivity index (χ2v) is 3.38. The summed E-state index contributed by atoms with van der Waals surface area (Å²) in [5, 5.41) is 6.00. The van der Waals surface area contributed by atoms with E-state index in [1.165, 1.54) is 5.56 Å². The molecule has 1 amide bonds. The maximum Gasteiger partial charge on any atom is 0.300 e. The molecular weight excluding hydrogens is 188 g/mol. The third kappa shape index (κ3) is 2.10. The lowest BCUT2D eigenvalue weighted by Crippen LogP contribution is -2.08. The van der Waals surface area contributed by atoms with Gasteiger partial charge in [0.25, 0.3) is 5.91 Å². The van der Waals surface area contributed by atoms with Crippen molar-refractivity contribution in [3.05, 3.63) is 23.8 Å². The molecule has 0 saturated heterocycles. The van der Waals surface area contributed by atoms with Gasteiger partial charge < -0.3 is 10.6 Å². The monoisotopic (exact) mass is 200 g/mol. The van der Waals surface area contributed by atoms with Gasteiger partial charge in [0.2, 0.25) is 0 Å². The smallest absolute Gasteiger partial charge is 0.300 e. The fourth-order valence-electron chi connectivity index (χ4n) is 1.66. The van der Waals surface area contributed by atoms with Gasteiger partial charge in [-0.2, -0.15) is 0 Å². The van der Waals surface area contributed by atoms with E-state index in [1.807, 2.05) is 18.2 Å². The molecule has 0 spiro atoms. The predicted molar refractivity (Wildman–Crippen MR) is 60.7 cm³/mol. The summed E-state index contributed by atoms with van der Waals surface area (Å²) in [6, 6.07) is 5.86. The van der Waals surface area contributed by atoms with Crippen LogP contribution in [0.1, 0.15) is 12.5 Å².